The highest BCUT2D eigenvalue weighted by atomic mass is 19.1. The van der Waals surface area contributed by atoms with Crippen LogP contribution in [0.5, 0.6) is 0 Å². The summed E-state index contributed by atoms with van der Waals surface area (Å²) in [6.45, 7) is 7.59. The maximum atomic E-state index is 14.0. The average molecular weight is 250 g/mol. The Morgan fingerprint density at radius 3 is 2.22 bits per heavy atom. The Hall–Kier alpha value is -1.20. The summed E-state index contributed by atoms with van der Waals surface area (Å²) >= 11 is 0. The van der Waals surface area contributed by atoms with Crippen LogP contribution in [0.1, 0.15) is 38.1 Å². The van der Waals surface area contributed by atoms with Gasteiger partial charge in [0.15, 0.2) is 6.29 Å². The third kappa shape index (κ3) is 1.97. The SMILES string of the molecule is CC1(C)OB(c2cccc(C=O)c2F)OC1(C)C. The molecule has 1 saturated heterocycles. The molecule has 1 heterocycles. The minimum absolute atomic E-state index is 0.0159. The molecular weight excluding hydrogens is 234 g/mol. The lowest BCUT2D eigenvalue weighted by atomic mass is 9.78. The zero-order valence-electron chi connectivity index (χ0n) is 11.0. The van der Waals surface area contributed by atoms with Gasteiger partial charge in [0.25, 0.3) is 0 Å². The highest BCUT2D eigenvalue weighted by molar-refractivity contribution is 6.62. The topological polar surface area (TPSA) is 35.5 Å². The number of rotatable bonds is 2. The molecule has 1 aliphatic heterocycles. The number of halogens is 1. The Morgan fingerprint density at radius 2 is 1.72 bits per heavy atom. The molecule has 96 valence electrons. The van der Waals surface area contributed by atoms with E-state index < -0.39 is 24.1 Å². The van der Waals surface area contributed by atoms with Gasteiger partial charge in [0.1, 0.15) is 5.82 Å². The fourth-order valence-electron chi connectivity index (χ4n) is 1.81. The van der Waals surface area contributed by atoms with Crippen molar-refractivity contribution in [1.82, 2.24) is 0 Å². The van der Waals surface area contributed by atoms with Gasteiger partial charge in [-0.2, -0.15) is 0 Å². The van der Waals surface area contributed by atoms with Crippen molar-refractivity contribution in [2.75, 3.05) is 0 Å². The van der Waals surface area contributed by atoms with Crippen LogP contribution in [0.4, 0.5) is 4.39 Å². The van der Waals surface area contributed by atoms with Crippen LogP contribution in [-0.2, 0) is 9.31 Å². The Labute approximate surface area is 106 Å². The molecule has 0 bridgehead atoms. The number of benzene rings is 1. The summed E-state index contributed by atoms with van der Waals surface area (Å²) in [6.07, 6.45) is 0.490. The van der Waals surface area contributed by atoms with E-state index in [4.69, 9.17) is 9.31 Å². The lowest BCUT2D eigenvalue weighted by Gasteiger charge is -2.32. The minimum Gasteiger partial charge on any atom is -0.399 e. The Balaban J connectivity index is 2.38. The lowest BCUT2D eigenvalue weighted by Crippen LogP contribution is -2.41. The van der Waals surface area contributed by atoms with Crippen LogP contribution in [-0.4, -0.2) is 24.6 Å². The van der Waals surface area contributed by atoms with Gasteiger partial charge in [-0.1, -0.05) is 12.1 Å². The van der Waals surface area contributed by atoms with Crippen molar-refractivity contribution in [3.8, 4) is 0 Å². The molecule has 0 spiro atoms. The van der Waals surface area contributed by atoms with Gasteiger partial charge in [-0.25, -0.2) is 4.39 Å². The third-order valence-electron chi connectivity index (χ3n) is 3.69. The van der Waals surface area contributed by atoms with Crippen LogP contribution in [0.3, 0.4) is 0 Å². The van der Waals surface area contributed by atoms with Gasteiger partial charge in [0.2, 0.25) is 0 Å². The highest BCUT2D eigenvalue weighted by Gasteiger charge is 2.52. The van der Waals surface area contributed by atoms with Crippen molar-refractivity contribution in [1.29, 1.82) is 0 Å². The second-order valence-corrected chi connectivity index (χ2v) is 5.46. The molecule has 1 fully saturated rings. The monoisotopic (exact) mass is 250 g/mol. The van der Waals surface area contributed by atoms with Gasteiger partial charge >= 0.3 is 7.12 Å². The molecule has 0 radical (unpaired) electrons. The fraction of sp³-hybridized carbons (Fsp3) is 0.462. The van der Waals surface area contributed by atoms with Gasteiger partial charge in [-0.05, 0) is 33.8 Å². The molecule has 5 heteroatoms. The normalized spacial score (nSPS) is 21.1. The Kier molecular flexibility index (Phi) is 3.07. The zero-order chi connectivity index (χ0) is 13.6. The Morgan fingerprint density at radius 1 is 1.17 bits per heavy atom. The van der Waals surface area contributed by atoms with Crippen molar-refractivity contribution < 1.29 is 18.5 Å². The molecule has 0 aromatic heterocycles. The molecule has 0 amide bonds. The molecule has 3 nitrogen and oxygen atoms in total. The van der Waals surface area contributed by atoms with E-state index in [1.54, 1.807) is 12.1 Å². The highest BCUT2D eigenvalue weighted by Crippen LogP contribution is 2.36. The first kappa shape index (κ1) is 13.2. The van der Waals surface area contributed by atoms with Gasteiger partial charge in [-0.15, -0.1) is 0 Å². The standard InChI is InChI=1S/C13H16BFO3/c1-12(2)13(3,4)18-14(17-12)10-7-5-6-9(8-16)11(10)15/h5-8H,1-4H3. The van der Waals surface area contributed by atoms with E-state index >= 15 is 0 Å². The van der Waals surface area contributed by atoms with E-state index in [0.717, 1.165) is 0 Å². The van der Waals surface area contributed by atoms with Crippen LogP contribution in [0.2, 0.25) is 0 Å². The van der Waals surface area contributed by atoms with Gasteiger partial charge < -0.3 is 9.31 Å². The molecular formula is C13H16BFO3. The molecule has 0 aliphatic carbocycles. The fourth-order valence-corrected chi connectivity index (χ4v) is 1.81. The molecule has 1 aromatic rings. The minimum atomic E-state index is -0.782. The quantitative estimate of drug-likeness (QED) is 0.594. The second-order valence-electron chi connectivity index (χ2n) is 5.46. The maximum absolute atomic E-state index is 14.0. The number of hydrogen-bond acceptors (Lipinski definition) is 3. The summed E-state index contributed by atoms with van der Waals surface area (Å²) in [7, 11) is -0.782. The van der Waals surface area contributed by atoms with Crippen molar-refractivity contribution in [2.24, 2.45) is 0 Å². The molecule has 0 unspecified atom stereocenters. The van der Waals surface area contributed by atoms with Crippen molar-refractivity contribution >= 4 is 18.9 Å². The smallest absolute Gasteiger partial charge is 0.399 e. The van der Waals surface area contributed by atoms with Crippen LogP contribution < -0.4 is 5.46 Å². The van der Waals surface area contributed by atoms with E-state index in [-0.39, 0.29) is 11.0 Å². The summed E-state index contributed by atoms with van der Waals surface area (Å²) in [6, 6.07) is 4.62. The van der Waals surface area contributed by atoms with Crippen molar-refractivity contribution in [2.45, 2.75) is 38.9 Å². The average Bonchev–Trinajstić information content (AvgIpc) is 2.48. The summed E-state index contributed by atoms with van der Waals surface area (Å²) in [5.41, 5.74) is -0.775. The van der Waals surface area contributed by atoms with Crippen LogP contribution >= 0.6 is 0 Å². The van der Waals surface area contributed by atoms with Crippen molar-refractivity contribution in [3.05, 3.63) is 29.6 Å². The van der Waals surface area contributed by atoms with Gasteiger partial charge in [0, 0.05) is 11.0 Å². The third-order valence-corrected chi connectivity index (χ3v) is 3.69. The van der Waals surface area contributed by atoms with Gasteiger partial charge in [-0.3, -0.25) is 4.79 Å². The summed E-state index contributed by atoms with van der Waals surface area (Å²) in [4.78, 5) is 10.7. The second kappa shape index (κ2) is 4.18. The molecule has 0 N–H and O–H groups in total. The largest absolute Gasteiger partial charge is 0.497 e. The number of aldehydes is 1. The van der Waals surface area contributed by atoms with Crippen LogP contribution in [0.15, 0.2) is 18.2 Å². The predicted octanol–water partition coefficient (Wildman–Crippen LogP) is 1.94. The summed E-state index contributed by atoms with van der Waals surface area (Å²) < 4.78 is 25.5. The molecule has 18 heavy (non-hydrogen) atoms. The first-order valence-electron chi connectivity index (χ1n) is 5.88. The van der Waals surface area contributed by atoms with E-state index in [1.807, 2.05) is 27.7 Å². The number of carbonyl (C=O) groups is 1. The van der Waals surface area contributed by atoms with Crippen LogP contribution in [0, 0.1) is 5.82 Å². The molecule has 2 rings (SSSR count). The molecule has 0 saturated carbocycles. The van der Waals surface area contributed by atoms with E-state index in [0.29, 0.717) is 6.29 Å². The summed E-state index contributed by atoms with van der Waals surface area (Å²) in [5.74, 6) is -0.578. The zero-order valence-corrected chi connectivity index (χ0v) is 11.0. The number of hydrogen-bond donors (Lipinski definition) is 0. The van der Waals surface area contributed by atoms with Gasteiger partial charge in [0.05, 0.1) is 11.2 Å². The number of carbonyl (C=O) groups excluding carboxylic acids is 1. The van der Waals surface area contributed by atoms with E-state index in [1.165, 1.54) is 6.07 Å². The molecule has 1 aliphatic rings. The molecule has 0 atom stereocenters. The van der Waals surface area contributed by atoms with E-state index in [2.05, 4.69) is 0 Å². The Bertz CT molecular complexity index is 469. The lowest BCUT2D eigenvalue weighted by molar-refractivity contribution is 0.00578. The summed E-state index contributed by atoms with van der Waals surface area (Å²) in [5, 5.41) is 0. The first-order chi connectivity index (χ1) is 8.28. The maximum Gasteiger partial charge on any atom is 0.497 e. The molecule has 1 aromatic carbocycles. The van der Waals surface area contributed by atoms with E-state index in [9.17, 15) is 9.18 Å². The van der Waals surface area contributed by atoms with Crippen LogP contribution in [0.25, 0.3) is 0 Å². The predicted molar refractivity (Wildman–Crippen MR) is 67.5 cm³/mol. The van der Waals surface area contributed by atoms with Crippen molar-refractivity contribution in [3.63, 3.8) is 0 Å². The first-order valence-corrected chi connectivity index (χ1v) is 5.88.